The van der Waals surface area contributed by atoms with Crippen molar-refractivity contribution in [2.24, 2.45) is 0 Å². The molecule has 0 aliphatic heterocycles. The fourth-order valence-corrected chi connectivity index (χ4v) is 1.54. The molecule has 0 aliphatic rings. The van der Waals surface area contributed by atoms with Crippen molar-refractivity contribution in [3.05, 3.63) is 35.8 Å². The molecule has 0 radical (unpaired) electrons. The average Bonchev–Trinajstić information content (AvgIpc) is 2.18. The average molecular weight is 204 g/mol. The number of rotatable bonds is 1. The van der Waals surface area contributed by atoms with Gasteiger partial charge in [0.2, 0.25) is 0 Å². The van der Waals surface area contributed by atoms with Crippen molar-refractivity contribution >= 4 is 16.6 Å². The fraction of sp³-hybridized carbons (Fsp3) is 0.250. The molecule has 2 rings (SSSR count). The minimum absolute atomic E-state index is 0.284. The van der Waals surface area contributed by atoms with E-state index in [1.54, 1.807) is 6.07 Å². The molecule has 1 aromatic heterocycles. The minimum atomic E-state index is -0.284. The van der Waals surface area contributed by atoms with E-state index in [0.717, 1.165) is 11.2 Å². The number of anilines is 1. The van der Waals surface area contributed by atoms with Crippen LogP contribution in [0.5, 0.6) is 0 Å². The van der Waals surface area contributed by atoms with Gasteiger partial charge in [0.25, 0.3) is 0 Å². The van der Waals surface area contributed by atoms with Crippen molar-refractivity contribution in [1.82, 2.24) is 4.98 Å². The lowest BCUT2D eigenvalue weighted by Crippen LogP contribution is -1.97. The summed E-state index contributed by atoms with van der Waals surface area (Å²) in [6.07, 6.45) is 0. The predicted molar refractivity (Wildman–Crippen MR) is 60.2 cm³/mol. The molecule has 0 spiro atoms. The number of nitrogens with two attached hydrogens (primary N) is 1. The lowest BCUT2D eigenvalue weighted by Gasteiger charge is -2.08. The zero-order valence-electron chi connectivity index (χ0n) is 8.79. The molecule has 0 saturated heterocycles. The monoisotopic (exact) mass is 204 g/mol. The number of hydrogen-bond donors (Lipinski definition) is 1. The van der Waals surface area contributed by atoms with Gasteiger partial charge < -0.3 is 5.73 Å². The minimum Gasteiger partial charge on any atom is -0.398 e. The maximum atomic E-state index is 13.0. The zero-order chi connectivity index (χ0) is 11.0. The van der Waals surface area contributed by atoms with Gasteiger partial charge in [0.05, 0.1) is 5.52 Å². The largest absolute Gasteiger partial charge is 0.398 e. The molecule has 3 heteroatoms. The van der Waals surface area contributed by atoms with Crippen LogP contribution in [0, 0.1) is 5.82 Å². The summed E-state index contributed by atoms with van der Waals surface area (Å²) in [5, 5.41) is 0.680. The Kier molecular flexibility index (Phi) is 2.31. The molecule has 0 bridgehead atoms. The Morgan fingerprint density at radius 2 is 2.00 bits per heavy atom. The molecule has 0 unspecified atom stereocenters. The van der Waals surface area contributed by atoms with E-state index in [0.29, 0.717) is 17.0 Å². The highest BCUT2D eigenvalue weighted by molar-refractivity contribution is 5.90. The van der Waals surface area contributed by atoms with Gasteiger partial charge in [0.15, 0.2) is 0 Å². The quantitative estimate of drug-likeness (QED) is 0.775. The van der Waals surface area contributed by atoms with Crippen molar-refractivity contribution in [3.8, 4) is 0 Å². The number of aromatic nitrogens is 1. The predicted octanol–water partition coefficient (Wildman–Crippen LogP) is 3.08. The Labute approximate surface area is 87.9 Å². The van der Waals surface area contributed by atoms with Gasteiger partial charge in [-0.3, -0.25) is 4.98 Å². The molecule has 0 fully saturated rings. The Bertz CT molecular complexity index is 506. The molecule has 0 saturated carbocycles. The Hall–Kier alpha value is -1.64. The van der Waals surface area contributed by atoms with E-state index in [4.69, 9.17) is 5.73 Å². The van der Waals surface area contributed by atoms with Crippen LogP contribution in [-0.4, -0.2) is 4.98 Å². The van der Waals surface area contributed by atoms with E-state index in [-0.39, 0.29) is 5.82 Å². The smallest absolute Gasteiger partial charge is 0.124 e. The van der Waals surface area contributed by atoms with E-state index in [2.05, 4.69) is 18.8 Å². The standard InChI is InChI=1S/C12H13FN2/c1-7(2)12-6-10(14)9-5-8(13)3-4-11(9)15-12/h3-7H,1-2H3,(H2,14,15). The first kappa shape index (κ1) is 9.90. The van der Waals surface area contributed by atoms with Crippen molar-refractivity contribution in [1.29, 1.82) is 0 Å². The van der Waals surface area contributed by atoms with Crippen LogP contribution < -0.4 is 5.73 Å². The SMILES string of the molecule is CC(C)c1cc(N)c2cc(F)ccc2n1. The highest BCUT2D eigenvalue weighted by atomic mass is 19.1. The number of halogens is 1. The highest BCUT2D eigenvalue weighted by Gasteiger charge is 2.06. The summed E-state index contributed by atoms with van der Waals surface area (Å²) in [6.45, 7) is 4.11. The molecular formula is C12H13FN2. The molecule has 1 aromatic carbocycles. The van der Waals surface area contributed by atoms with Crippen molar-refractivity contribution in [2.75, 3.05) is 5.73 Å². The van der Waals surface area contributed by atoms with Gasteiger partial charge >= 0.3 is 0 Å². The van der Waals surface area contributed by atoms with Gasteiger partial charge in [-0.2, -0.15) is 0 Å². The van der Waals surface area contributed by atoms with Gasteiger partial charge in [0.1, 0.15) is 5.82 Å². The van der Waals surface area contributed by atoms with Gasteiger partial charge in [-0.25, -0.2) is 4.39 Å². The molecule has 78 valence electrons. The van der Waals surface area contributed by atoms with Gasteiger partial charge in [-0.15, -0.1) is 0 Å². The molecule has 0 atom stereocenters. The van der Waals surface area contributed by atoms with Crippen LogP contribution in [0.15, 0.2) is 24.3 Å². The molecule has 2 nitrogen and oxygen atoms in total. The summed E-state index contributed by atoms with van der Waals surface area (Å²) in [6, 6.07) is 6.29. The van der Waals surface area contributed by atoms with Crippen molar-refractivity contribution < 1.29 is 4.39 Å². The van der Waals surface area contributed by atoms with Gasteiger partial charge in [0, 0.05) is 16.8 Å². The van der Waals surface area contributed by atoms with Gasteiger partial charge in [-0.05, 0) is 30.2 Å². The number of fused-ring (bicyclic) bond motifs is 1. The summed E-state index contributed by atoms with van der Waals surface area (Å²) in [5.41, 5.74) is 8.13. The second-order valence-electron chi connectivity index (χ2n) is 3.95. The number of benzene rings is 1. The van der Waals surface area contributed by atoms with Crippen LogP contribution in [0.25, 0.3) is 10.9 Å². The summed E-state index contributed by atoms with van der Waals surface area (Å²) in [7, 11) is 0. The zero-order valence-corrected chi connectivity index (χ0v) is 8.79. The molecule has 0 amide bonds. The second-order valence-corrected chi connectivity index (χ2v) is 3.95. The van der Waals surface area contributed by atoms with Crippen LogP contribution in [0.3, 0.4) is 0 Å². The van der Waals surface area contributed by atoms with E-state index in [1.165, 1.54) is 12.1 Å². The van der Waals surface area contributed by atoms with Crippen molar-refractivity contribution in [3.63, 3.8) is 0 Å². The maximum absolute atomic E-state index is 13.0. The van der Waals surface area contributed by atoms with Gasteiger partial charge in [-0.1, -0.05) is 13.8 Å². The molecule has 2 N–H and O–H groups in total. The number of pyridine rings is 1. The third-order valence-electron chi connectivity index (χ3n) is 2.41. The van der Waals surface area contributed by atoms with Crippen LogP contribution in [0.4, 0.5) is 10.1 Å². The van der Waals surface area contributed by atoms with E-state index in [9.17, 15) is 4.39 Å². The molecule has 2 aromatic rings. The topological polar surface area (TPSA) is 38.9 Å². The summed E-state index contributed by atoms with van der Waals surface area (Å²) in [5.74, 6) is 0.0371. The number of hydrogen-bond acceptors (Lipinski definition) is 2. The van der Waals surface area contributed by atoms with Crippen LogP contribution >= 0.6 is 0 Å². The maximum Gasteiger partial charge on any atom is 0.124 e. The first-order valence-corrected chi connectivity index (χ1v) is 4.93. The molecular weight excluding hydrogens is 191 g/mol. The summed E-state index contributed by atoms with van der Waals surface area (Å²) in [4.78, 5) is 4.43. The van der Waals surface area contributed by atoms with Crippen LogP contribution in [-0.2, 0) is 0 Å². The Morgan fingerprint density at radius 1 is 1.27 bits per heavy atom. The first-order chi connectivity index (χ1) is 7.08. The van der Waals surface area contributed by atoms with E-state index in [1.807, 2.05) is 6.07 Å². The van der Waals surface area contributed by atoms with Crippen LogP contribution in [0.2, 0.25) is 0 Å². The first-order valence-electron chi connectivity index (χ1n) is 4.93. The molecule has 1 heterocycles. The van der Waals surface area contributed by atoms with Crippen molar-refractivity contribution in [2.45, 2.75) is 19.8 Å². The summed E-state index contributed by atoms with van der Waals surface area (Å²) < 4.78 is 13.0. The lowest BCUT2D eigenvalue weighted by molar-refractivity contribution is 0.629. The molecule has 15 heavy (non-hydrogen) atoms. The van der Waals surface area contributed by atoms with Crippen LogP contribution in [0.1, 0.15) is 25.5 Å². The third-order valence-corrected chi connectivity index (χ3v) is 2.41. The highest BCUT2D eigenvalue weighted by Crippen LogP contribution is 2.24. The third kappa shape index (κ3) is 1.77. The van der Waals surface area contributed by atoms with E-state index < -0.39 is 0 Å². The number of nitrogen functional groups attached to an aromatic ring is 1. The summed E-state index contributed by atoms with van der Waals surface area (Å²) >= 11 is 0. The van der Waals surface area contributed by atoms with E-state index >= 15 is 0 Å². The fourth-order valence-electron chi connectivity index (χ4n) is 1.54. The normalized spacial score (nSPS) is 11.2. The number of nitrogens with zero attached hydrogens (tertiary/aromatic N) is 1. The lowest BCUT2D eigenvalue weighted by atomic mass is 10.1. The Morgan fingerprint density at radius 3 is 2.67 bits per heavy atom. The second kappa shape index (κ2) is 3.50. The Balaban J connectivity index is 2.73. The molecule has 0 aliphatic carbocycles.